The molecule has 0 bridgehead atoms. The molecule has 5 heteroatoms. The van der Waals surface area contributed by atoms with Gasteiger partial charge >= 0.3 is 0 Å². The molecule has 0 rings (SSSR count). The van der Waals surface area contributed by atoms with Crippen LogP contribution in [0.15, 0.2) is 0 Å². The topological polar surface area (TPSA) is 63.4 Å². The summed E-state index contributed by atoms with van der Waals surface area (Å²) < 4.78 is 21.3. The Kier molecular flexibility index (Phi) is 7.13. The summed E-state index contributed by atoms with van der Waals surface area (Å²) in [5, 5.41) is 4.92. The maximum absolute atomic E-state index is 10.7. The van der Waals surface area contributed by atoms with Crippen LogP contribution in [-0.4, -0.2) is 38.7 Å². The van der Waals surface area contributed by atoms with Crippen LogP contribution in [-0.2, 0) is 10.0 Å². The van der Waals surface area contributed by atoms with Crippen molar-refractivity contribution in [1.29, 1.82) is 0 Å². The second-order valence-electron chi connectivity index (χ2n) is 3.51. The lowest BCUT2D eigenvalue weighted by atomic mass is 10.3. The monoisotopic (exact) mass is 222 g/mol. The van der Waals surface area contributed by atoms with Crippen LogP contribution in [0.4, 0.5) is 0 Å². The van der Waals surface area contributed by atoms with Crippen LogP contribution < -0.4 is 5.14 Å². The molecule has 0 saturated carbocycles. The number of primary sulfonamides is 1. The molecule has 2 N–H and O–H groups in total. The standard InChI is InChI=1S/C9H22N2O2S/c1-3-5-7-11(4-2)8-6-9-14(10,12)13/h3-9H2,1-2H3,(H2,10,12,13). The molecule has 86 valence electrons. The minimum atomic E-state index is -3.28. The SMILES string of the molecule is CCCCN(CC)CCCS(N)(=O)=O. The average Bonchev–Trinajstić information content (AvgIpc) is 2.09. The third-order valence-corrected chi connectivity index (χ3v) is 3.04. The Morgan fingerprint density at radius 1 is 1.14 bits per heavy atom. The number of rotatable bonds is 8. The van der Waals surface area contributed by atoms with Crippen LogP contribution in [0.3, 0.4) is 0 Å². The van der Waals surface area contributed by atoms with E-state index in [-0.39, 0.29) is 5.75 Å². The zero-order valence-corrected chi connectivity index (χ0v) is 10.0. The van der Waals surface area contributed by atoms with Crippen LogP contribution in [0.2, 0.25) is 0 Å². The molecule has 0 aliphatic rings. The van der Waals surface area contributed by atoms with Crippen molar-refractivity contribution in [3.63, 3.8) is 0 Å². The summed E-state index contributed by atoms with van der Waals surface area (Å²) in [6.45, 7) is 7.10. The molecule has 0 aliphatic heterocycles. The molecule has 0 unspecified atom stereocenters. The van der Waals surface area contributed by atoms with E-state index in [1.165, 1.54) is 12.8 Å². The Bertz CT molecular complexity index is 227. The fourth-order valence-corrected chi connectivity index (χ4v) is 1.83. The minimum absolute atomic E-state index is 0.0929. The van der Waals surface area contributed by atoms with Crippen LogP contribution in [0.5, 0.6) is 0 Å². The van der Waals surface area contributed by atoms with Crippen molar-refractivity contribution in [2.75, 3.05) is 25.4 Å². The molecule has 0 fully saturated rings. The molecule has 4 nitrogen and oxygen atoms in total. The Morgan fingerprint density at radius 2 is 1.71 bits per heavy atom. The number of unbranched alkanes of at least 4 members (excludes halogenated alkanes) is 1. The lowest BCUT2D eigenvalue weighted by Gasteiger charge is -2.19. The van der Waals surface area contributed by atoms with Gasteiger partial charge in [-0.25, -0.2) is 13.6 Å². The van der Waals surface area contributed by atoms with Gasteiger partial charge in [0.1, 0.15) is 0 Å². The smallest absolute Gasteiger partial charge is 0.209 e. The molecule has 0 heterocycles. The van der Waals surface area contributed by atoms with Gasteiger partial charge in [-0.05, 0) is 32.5 Å². The van der Waals surface area contributed by atoms with E-state index in [9.17, 15) is 8.42 Å². The van der Waals surface area contributed by atoms with Gasteiger partial charge in [0.2, 0.25) is 10.0 Å². The molecule has 0 amide bonds. The maximum Gasteiger partial charge on any atom is 0.209 e. The Balaban J connectivity index is 3.62. The van der Waals surface area contributed by atoms with Crippen molar-refractivity contribution >= 4 is 10.0 Å². The van der Waals surface area contributed by atoms with Crippen molar-refractivity contribution < 1.29 is 8.42 Å². The van der Waals surface area contributed by atoms with Gasteiger partial charge in [-0.3, -0.25) is 0 Å². The molecule has 0 aromatic heterocycles. The number of hydrogen-bond donors (Lipinski definition) is 1. The molecular formula is C9H22N2O2S. The quantitative estimate of drug-likeness (QED) is 0.660. The summed E-state index contributed by atoms with van der Waals surface area (Å²) in [7, 11) is -3.28. The van der Waals surface area contributed by atoms with Crippen LogP contribution in [0.1, 0.15) is 33.1 Å². The summed E-state index contributed by atoms with van der Waals surface area (Å²) in [6, 6.07) is 0. The summed E-state index contributed by atoms with van der Waals surface area (Å²) in [5.41, 5.74) is 0. The summed E-state index contributed by atoms with van der Waals surface area (Å²) in [6.07, 6.45) is 2.98. The van der Waals surface area contributed by atoms with Gasteiger partial charge in [0.25, 0.3) is 0 Å². The lowest BCUT2D eigenvalue weighted by Crippen LogP contribution is -2.28. The van der Waals surface area contributed by atoms with E-state index in [0.29, 0.717) is 6.42 Å². The first-order valence-corrected chi connectivity index (χ1v) is 6.94. The van der Waals surface area contributed by atoms with Crippen LogP contribution >= 0.6 is 0 Å². The highest BCUT2D eigenvalue weighted by molar-refractivity contribution is 7.89. The van der Waals surface area contributed by atoms with Crippen molar-refractivity contribution in [2.45, 2.75) is 33.1 Å². The maximum atomic E-state index is 10.7. The van der Waals surface area contributed by atoms with Crippen LogP contribution in [0, 0.1) is 0 Å². The number of nitrogens with zero attached hydrogens (tertiary/aromatic N) is 1. The van der Waals surface area contributed by atoms with Gasteiger partial charge in [0, 0.05) is 0 Å². The first-order valence-electron chi connectivity index (χ1n) is 5.22. The lowest BCUT2D eigenvalue weighted by molar-refractivity contribution is 0.284. The Labute approximate surface area is 87.5 Å². The van der Waals surface area contributed by atoms with E-state index in [0.717, 1.165) is 19.6 Å². The van der Waals surface area contributed by atoms with E-state index < -0.39 is 10.0 Å². The second kappa shape index (κ2) is 7.20. The van der Waals surface area contributed by atoms with Gasteiger partial charge < -0.3 is 4.90 Å². The summed E-state index contributed by atoms with van der Waals surface area (Å²) in [5.74, 6) is 0.0929. The normalized spacial score (nSPS) is 12.3. The molecule has 0 atom stereocenters. The van der Waals surface area contributed by atoms with Gasteiger partial charge in [0.05, 0.1) is 5.75 Å². The van der Waals surface area contributed by atoms with E-state index in [2.05, 4.69) is 18.7 Å². The predicted molar refractivity (Wildman–Crippen MR) is 59.6 cm³/mol. The number of nitrogens with two attached hydrogens (primary N) is 1. The van der Waals surface area contributed by atoms with Crippen molar-refractivity contribution in [3.05, 3.63) is 0 Å². The first-order chi connectivity index (χ1) is 6.49. The van der Waals surface area contributed by atoms with Crippen molar-refractivity contribution in [3.8, 4) is 0 Å². The molecular weight excluding hydrogens is 200 g/mol. The van der Waals surface area contributed by atoms with E-state index in [1.807, 2.05) is 0 Å². The summed E-state index contributed by atoms with van der Waals surface area (Å²) >= 11 is 0. The number of hydrogen-bond acceptors (Lipinski definition) is 3. The largest absolute Gasteiger partial charge is 0.304 e. The number of sulfonamides is 1. The molecule has 14 heavy (non-hydrogen) atoms. The van der Waals surface area contributed by atoms with E-state index in [4.69, 9.17) is 5.14 Å². The third kappa shape index (κ3) is 8.47. The zero-order valence-electron chi connectivity index (χ0n) is 9.20. The molecule has 0 aromatic carbocycles. The summed E-state index contributed by atoms with van der Waals surface area (Å²) in [4.78, 5) is 2.26. The Morgan fingerprint density at radius 3 is 2.14 bits per heavy atom. The molecule has 0 aliphatic carbocycles. The molecule has 0 spiro atoms. The highest BCUT2D eigenvalue weighted by Gasteiger charge is 2.05. The Hall–Kier alpha value is -0.130. The average molecular weight is 222 g/mol. The predicted octanol–water partition coefficient (Wildman–Crippen LogP) is 0.787. The van der Waals surface area contributed by atoms with E-state index >= 15 is 0 Å². The fourth-order valence-electron chi connectivity index (χ4n) is 1.30. The van der Waals surface area contributed by atoms with Gasteiger partial charge in [-0.2, -0.15) is 0 Å². The van der Waals surface area contributed by atoms with Crippen molar-refractivity contribution in [1.82, 2.24) is 4.90 Å². The third-order valence-electron chi connectivity index (χ3n) is 2.18. The second-order valence-corrected chi connectivity index (χ2v) is 5.24. The van der Waals surface area contributed by atoms with Crippen LogP contribution in [0.25, 0.3) is 0 Å². The van der Waals surface area contributed by atoms with E-state index in [1.54, 1.807) is 0 Å². The van der Waals surface area contributed by atoms with Crippen molar-refractivity contribution in [2.24, 2.45) is 5.14 Å². The first kappa shape index (κ1) is 13.9. The van der Waals surface area contributed by atoms with Gasteiger partial charge in [-0.15, -0.1) is 0 Å². The highest BCUT2D eigenvalue weighted by atomic mass is 32.2. The van der Waals surface area contributed by atoms with Gasteiger partial charge in [-0.1, -0.05) is 20.3 Å². The molecule has 0 radical (unpaired) electrons. The minimum Gasteiger partial charge on any atom is -0.304 e. The molecule has 0 aromatic rings. The van der Waals surface area contributed by atoms with Gasteiger partial charge in [0.15, 0.2) is 0 Å². The highest BCUT2D eigenvalue weighted by Crippen LogP contribution is 1.97. The fraction of sp³-hybridized carbons (Fsp3) is 1.00. The zero-order chi connectivity index (χ0) is 11.0. The molecule has 0 saturated heterocycles.